The number of carboxylic acids is 1. The lowest BCUT2D eigenvalue weighted by Crippen LogP contribution is -2.27. The minimum absolute atomic E-state index is 0.167. The molecule has 4 rings (SSSR count). The number of hydrogen-bond donors (Lipinski definition) is 1. The van der Waals surface area contributed by atoms with Gasteiger partial charge in [-0.25, -0.2) is 13.6 Å². The van der Waals surface area contributed by atoms with Crippen LogP contribution in [0, 0.1) is 18.6 Å². The summed E-state index contributed by atoms with van der Waals surface area (Å²) in [6, 6.07) is 22.5. The number of rotatable bonds is 11. The van der Waals surface area contributed by atoms with E-state index in [0.717, 1.165) is 39.2 Å². The Morgan fingerprint density at radius 1 is 0.829 bits per heavy atom. The largest absolute Gasteiger partial charge is 0.478 e. The second-order valence-electron chi connectivity index (χ2n) is 10.5. The number of aromatic nitrogens is 1. The highest BCUT2D eigenvalue weighted by molar-refractivity contribution is 5.90. The molecule has 1 heterocycles. The Kier molecular flexibility index (Phi) is 9.63. The van der Waals surface area contributed by atoms with Gasteiger partial charge < -0.3 is 10.0 Å². The zero-order valence-corrected chi connectivity index (χ0v) is 23.9. The standard InChI is InChI=1S/C34H35F2N3O2/c1-23(2)33(31-20-28(34(40)41)15-17-37-31)39(18-16-25-7-11-29(35)12-8-25)32-19-27(6-5-24(32)3)22-38(4)21-26-9-13-30(36)14-10-26/h5-15,17,19-20H,16,18,21-22H2,1-4H3,(H,40,41). The van der Waals surface area contributed by atoms with Crippen LogP contribution in [-0.2, 0) is 19.5 Å². The van der Waals surface area contributed by atoms with Gasteiger partial charge in [0.15, 0.2) is 0 Å². The maximum absolute atomic E-state index is 13.6. The highest BCUT2D eigenvalue weighted by Crippen LogP contribution is 2.32. The van der Waals surface area contributed by atoms with Crippen molar-refractivity contribution in [1.29, 1.82) is 0 Å². The quantitative estimate of drug-likeness (QED) is 0.208. The van der Waals surface area contributed by atoms with Crippen molar-refractivity contribution in [3.05, 3.63) is 136 Å². The topological polar surface area (TPSA) is 56.7 Å². The van der Waals surface area contributed by atoms with Crippen molar-refractivity contribution in [2.45, 2.75) is 40.3 Å². The summed E-state index contributed by atoms with van der Waals surface area (Å²) >= 11 is 0. The molecule has 1 aromatic heterocycles. The normalized spacial score (nSPS) is 11.0. The van der Waals surface area contributed by atoms with Crippen molar-refractivity contribution in [2.24, 2.45) is 0 Å². The van der Waals surface area contributed by atoms with Gasteiger partial charge in [-0.2, -0.15) is 0 Å². The van der Waals surface area contributed by atoms with Crippen molar-refractivity contribution < 1.29 is 18.7 Å². The van der Waals surface area contributed by atoms with E-state index in [9.17, 15) is 18.7 Å². The number of aryl methyl sites for hydroxylation is 1. The molecule has 5 nitrogen and oxygen atoms in total. The third-order valence-electron chi connectivity index (χ3n) is 6.91. The lowest BCUT2D eigenvalue weighted by Gasteiger charge is -2.31. The highest BCUT2D eigenvalue weighted by atomic mass is 19.1. The molecular formula is C34H35F2N3O2. The van der Waals surface area contributed by atoms with Crippen molar-refractivity contribution in [3.63, 3.8) is 0 Å². The molecule has 1 N–H and O–H groups in total. The number of benzene rings is 3. The number of aromatic carboxylic acids is 1. The van der Waals surface area contributed by atoms with Gasteiger partial charge in [0, 0.05) is 31.5 Å². The second-order valence-corrected chi connectivity index (χ2v) is 10.5. The van der Waals surface area contributed by atoms with E-state index >= 15 is 0 Å². The number of carboxylic acid groups (broad SMARTS) is 1. The molecule has 0 aliphatic rings. The molecule has 0 atom stereocenters. The number of allylic oxidation sites excluding steroid dienone is 1. The zero-order valence-electron chi connectivity index (χ0n) is 23.9. The van der Waals surface area contributed by atoms with Crippen LogP contribution >= 0.6 is 0 Å². The molecule has 0 spiro atoms. The first-order chi connectivity index (χ1) is 19.6. The molecule has 0 amide bonds. The van der Waals surface area contributed by atoms with Gasteiger partial charge in [-0.15, -0.1) is 0 Å². The van der Waals surface area contributed by atoms with E-state index in [-0.39, 0.29) is 17.2 Å². The van der Waals surface area contributed by atoms with E-state index in [1.165, 1.54) is 36.5 Å². The molecule has 41 heavy (non-hydrogen) atoms. The molecule has 0 fully saturated rings. The molecule has 4 aromatic rings. The summed E-state index contributed by atoms with van der Waals surface area (Å²) in [5.74, 6) is -1.54. The third kappa shape index (κ3) is 7.86. The smallest absolute Gasteiger partial charge is 0.335 e. The fourth-order valence-corrected chi connectivity index (χ4v) is 4.92. The summed E-state index contributed by atoms with van der Waals surface area (Å²) in [6.07, 6.45) is 2.16. The molecule has 0 aliphatic heterocycles. The van der Waals surface area contributed by atoms with Gasteiger partial charge in [0.25, 0.3) is 0 Å². The van der Waals surface area contributed by atoms with E-state index < -0.39 is 5.97 Å². The average Bonchev–Trinajstić information content (AvgIpc) is 2.94. The van der Waals surface area contributed by atoms with Crippen LogP contribution in [0.25, 0.3) is 5.70 Å². The van der Waals surface area contributed by atoms with Crippen LogP contribution in [0.5, 0.6) is 0 Å². The first kappa shape index (κ1) is 29.6. The molecule has 212 valence electrons. The third-order valence-corrected chi connectivity index (χ3v) is 6.91. The lowest BCUT2D eigenvalue weighted by molar-refractivity contribution is 0.0696. The first-order valence-electron chi connectivity index (χ1n) is 13.5. The van der Waals surface area contributed by atoms with Gasteiger partial charge in [0.1, 0.15) is 11.6 Å². The van der Waals surface area contributed by atoms with E-state index in [1.54, 1.807) is 30.3 Å². The van der Waals surface area contributed by atoms with Crippen molar-refractivity contribution in [3.8, 4) is 0 Å². The molecule has 0 saturated heterocycles. The molecular weight excluding hydrogens is 520 g/mol. The van der Waals surface area contributed by atoms with Crippen LogP contribution in [0.1, 0.15) is 52.2 Å². The Bertz CT molecular complexity index is 1530. The van der Waals surface area contributed by atoms with E-state index in [4.69, 9.17) is 0 Å². The van der Waals surface area contributed by atoms with Crippen molar-refractivity contribution in [1.82, 2.24) is 9.88 Å². The number of nitrogens with zero attached hydrogens (tertiary/aromatic N) is 3. The van der Waals surface area contributed by atoms with Gasteiger partial charge in [-0.3, -0.25) is 9.88 Å². The van der Waals surface area contributed by atoms with Gasteiger partial charge in [-0.05, 0) is 99.0 Å². The minimum Gasteiger partial charge on any atom is -0.478 e. The number of pyridine rings is 1. The molecule has 7 heteroatoms. The van der Waals surface area contributed by atoms with Crippen molar-refractivity contribution >= 4 is 17.4 Å². The van der Waals surface area contributed by atoms with Gasteiger partial charge in [0.2, 0.25) is 0 Å². The minimum atomic E-state index is -1.01. The zero-order chi connectivity index (χ0) is 29.5. The summed E-state index contributed by atoms with van der Waals surface area (Å²) < 4.78 is 26.9. The van der Waals surface area contributed by atoms with E-state index in [0.29, 0.717) is 31.7 Å². The summed E-state index contributed by atoms with van der Waals surface area (Å²) in [5.41, 5.74) is 7.71. The van der Waals surface area contributed by atoms with Gasteiger partial charge in [-0.1, -0.05) is 42.0 Å². The maximum atomic E-state index is 13.6. The molecule has 0 unspecified atom stereocenters. The molecule has 0 aliphatic carbocycles. The van der Waals surface area contributed by atoms with E-state index in [1.807, 2.05) is 20.9 Å². The number of halogens is 2. The predicted octanol–water partition coefficient (Wildman–Crippen LogP) is 7.50. The summed E-state index contributed by atoms with van der Waals surface area (Å²) in [5, 5.41) is 9.63. The van der Waals surface area contributed by atoms with Crippen LogP contribution < -0.4 is 4.90 Å². The Morgan fingerprint density at radius 2 is 1.41 bits per heavy atom. The Hall–Kier alpha value is -4.36. The maximum Gasteiger partial charge on any atom is 0.335 e. The van der Waals surface area contributed by atoms with Crippen LogP contribution in [-0.4, -0.2) is 34.6 Å². The van der Waals surface area contributed by atoms with Crippen LogP contribution in [0.15, 0.2) is 90.6 Å². The molecule has 0 saturated carbocycles. The second kappa shape index (κ2) is 13.3. The molecule has 0 bridgehead atoms. The molecule has 0 radical (unpaired) electrons. The predicted molar refractivity (Wildman–Crippen MR) is 160 cm³/mol. The van der Waals surface area contributed by atoms with Gasteiger partial charge in [0.05, 0.1) is 17.0 Å². The van der Waals surface area contributed by atoms with Crippen LogP contribution in [0.4, 0.5) is 14.5 Å². The number of hydrogen-bond acceptors (Lipinski definition) is 4. The Morgan fingerprint density at radius 3 is 2.02 bits per heavy atom. The average molecular weight is 556 g/mol. The Balaban J connectivity index is 1.70. The van der Waals surface area contributed by atoms with E-state index in [2.05, 4.69) is 39.9 Å². The monoisotopic (exact) mass is 555 g/mol. The molecule has 3 aromatic carbocycles. The summed E-state index contributed by atoms with van der Waals surface area (Å²) in [4.78, 5) is 20.7. The SMILES string of the molecule is CC(C)=C(c1cc(C(=O)O)ccn1)N(CCc1ccc(F)cc1)c1cc(CN(C)Cc2ccc(F)cc2)ccc1C. The van der Waals surface area contributed by atoms with Crippen molar-refractivity contribution in [2.75, 3.05) is 18.5 Å². The lowest BCUT2D eigenvalue weighted by atomic mass is 10.0. The summed E-state index contributed by atoms with van der Waals surface area (Å²) in [7, 11) is 2.03. The van der Waals surface area contributed by atoms with Crippen LogP contribution in [0.3, 0.4) is 0 Å². The fourth-order valence-electron chi connectivity index (χ4n) is 4.92. The van der Waals surface area contributed by atoms with Crippen LogP contribution in [0.2, 0.25) is 0 Å². The summed E-state index contributed by atoms with van der Waals surface area (Å²) in [6.45, 7) is 7.95. The number of carbonyl (C=O) groups is 1. The van der Waals surface area contributed by atoms with Gasteiger partial charge >= 0.3 is 5.97 Å². The number of anilines is 1. The fraction of sp³-hybridized carbons (Fsp3) is 0.235. The Labute approximate surface area is 240 Å². The highest BCUT2D eigenvalue weighted by Gasteiger charge is 2.21. The first-order valence-corrected chi connectivity index (χ1v) is 13.5.